The van der Waals surface area contributed by atoms with E-state index in [1.807, 2.05) is 12.2 Å². The SMILES string of the molecule is C=C/C(C)=C(\C=C)CN1CCOCC1. The summed E-state index contributed by atoms with van der Waals surface area (Å²) in [7, 11) is 0. The molecule has 0 amide bonds. The molecular weight excluding hydrogens is 174 g/mol. The Kier molecular flexibility index (Phi) is 4.63. The summed E-state index contributed by atoms with van der Waals surface area (Å²) >= 11 is 0. The summed E-state index contributed by atoms with van der Waals surface area (Å²) < 4.78 is 5.30. The monoisotopic (exact) mass is 193 g/mol. The molecule has 1 fully saturated rings. The number of morpholine rings is 1. The van der Waals surface area contributed by atoms with Gasteiger partial charge in [-0.2, -0.15) is 0 Å². The van der Waals surface area contributed by atoms with Crippen molar-refractivity contribution in [2.45, 2.75) is 6.92 Å². The predicted molar refractivity (Wildman–Crippen MR) is 60.4 cm³/mol. The van der Waals surface area contributed by atoms with E-state index in [4.69, 9.17) is 4.74 Å². The van der Waals surface area contributed by atoms with E-state index in [9.17, 15) is 0 Å². The van der Waals surface area contributed by atoms with Crippen molar-refractivity contribution in [1.29, 1.82) is 0 Å². The molecule has 1 aliphatic heterocycles. The molecule has 14 heavy (non-hydrogen) atoms. The molecule has 2 heteroatoms. The first kappa shape index (κ1) is 11.2. The van der Waals surface area contributed by atoms with Gasteiger partial charge in [0.05, 0.1) is 13.2 Å². The average Bonchev–Trinajstić information content (AvgIpc) is 2.26. The van der Waals surface area contributed by atoms with Crippen LogP contribution in [0.15, 0.2) is 36.5 Å². The zero-order valence-electron chi connectivity index (χ0n) is 8.96. The van der Waals surface area contributed by atoms with Crippen LogP contribution in [-0.2, 0) is 4.74 Å². The van der Waals surface area contributed by atoms with Gasteiger partial charge >= 0.3 is 0 Å². The van der Waals surface area contributed by atoms with Crippen LogP contribution < -0.4 is 0 Å². The largest absolute Gasteiger partial charge is 0.379 e. The lowest BCUT2D eigenvalue weighted by molar-refractivity contribution is 0.0425. The van der Waals surface area contributed by atoms with Crippen LogP contribution >= 0.6 is 0 Å². The number of hydrogen-bond donors (Lipinski definition) is 0. The summed E-state index contributed by atoms with van der Waals surface area (Å²) in [5, 5.41) is 0. The highest BCUT2D eigenvalue weighted by atomic mass is 16.5. The first-order valence-corrected chi connectivity index (χ1v) is 5.02. The van der Waals surface area contributed by atoms with Gasteiger partial charge in [0, 0.05) is 19.6 Å². The second-order valence-electron chi connectivity index (χ2n) is 3.51. The fourth-order valence-electron chi connectivity index (χ4n) is 1.48. The molecular formula is C12H19NO. The molecule has 0 aliphatic carbocycles. The number of ether oxygens (including phenoxy) is 1. The van der Waals surface area contributed by atoms with Crippen molar-refractivity contribution in [2.75, 3.05) is 32.8 Å². The molecule has 78 valence electrons. The number of rotatable bonds is 4. The van der Waals surface area contributed by atoms with Crippen LogP contribution in [0.25, 0.3) is 0 Å². The minimum Gasteiger partial charge on any atom is -0.379 e. The average molecular weight is 193 g/mol. The smallest absolute Gasteiger partial charge is 0.0594 e. The quantitative estimate of drug-likeness (QED) is 0.633. The van der Waals surface area contributed by atoms with E-state index in [0.717, 1.165) is 32.8 Å². The molecule has 0 saturated carbocycles. The molecule has 0 radical (unpaired) electrons. The molecule has 1 aliphatic rings. The first-order valence-electron chi connectivity index (χ1n) is 5.02. The van der Waals surface area contributed by atoms with Crippen LogP contribution in [0.1, 0.15) is 6.92 Å². The van der Waals surface area contributed by atoms with E-state index >= 15 is 0 Å². The first-order chi connectivity index (χ1) is 6.77. The van der Waals surface area contributed by atoms with Gasteiger partial charge in [0.1, 0.15) is 0 Å². The lowest BCUT2D eigenvalue weighted by Crippen LogP contribution is -2.37. The van der Waals surface area contributed by atoms with Gasteiger partial charge in [-0.05, 0) is 18.1 Å². The molecule has 1 saturated heterocycles. The van der Waals surface area contributed by atoms with Gasteiger partial charge in [-0.3, -0.25) is 4.90 Å². The second kappa shape index (κ2) is 5.78. The third kappa shape index (κ3) is 3.13. The van der Waals surface area contributed by atoms with Crippen LogP contribution in [0, 0.1) is 0 Å². The molecule has 2 nitrogen and oxygen atoms in total. The Balaban J connectivity index is 2.55. The van der Waals surface area contributed by atoms with Crippen molar-refractivity contribution in [2.24, 2.45) is 0 Å². The van der Waals surface area contributed by atoms with Crippen LogP contribution in [0.2, 0.25) is 0 Å². The molecule has 1 rings (SSSR count). The van der Waals surface area contributed by atoms with E-state index in [0.29, 0.717) is 0 Å². The fraction of sp³-hybridized carbons (Fsp3) is 0.500. The number of nitrogens with zero attached hydrogens (tertiary/aromatic N) is 1. The van der Waals surface area contributed by atoms with E-state index in [2.05, 4.69) is 25.0 Å². The topological polar surface area (TPSA) is 12.5 Å². The molecule has 0 atom stereocenters. The van der Waals surface area contributed by atoms with Crippen molar-refractivity contribution >= 4 is 0 Å². The summed E-state index contributed by atoms with van der Waals surface area (Å²) in [6, 6.07) is 0. The molecule has 0 spiro atoms. The molecule has 0 aromatic carbocycles. The van der Waals surface area contributed by atoms with Crippen molar-refractivity contribution in [3.63, 3.8) is 0 Å². The normalized spacial score (nSPS) is 20.1. The standard InChI is InChI=1S/C12H19NO/c1-4-11(3)12(5-2)10-13-6-8-14-9-7-13/h4-5H,1-2,6-10H2,3H3/b12-11+. The molecule has 0 bridgehead atoms. The van der Waals surface area contributed by atoms with E-state index < -0.39 is 0 Å². The third-order valence-corrected chi connectivity index (χ3v) is 2.56. The van der Waals surface area contributed by atoms with E-state index in [1.54, 1.807) is 0 Å². The maximum atomic E-state index is 5.30. The number of hydrogen-bond acceptors (Lipinski definition) is 2. The summed E-state index contributed by atoms with van der Waals surface area (Å²) in [4.78, 5) is 2.38. The molecule has 0 aromatic heterocycles. The zero-order chi connectivity index (χ0) is 10.4. The lowest BCUT2D eigenvalue weighted by Gasteiger charge is -2.27. The Labute approximate surface area is 86.6 Å². The maximum absolute atomic E-state index is 5.30. The number of allylic oxidation sites excluding steroid dienone is 2. The Morgan fingerprint density at radius 1 is 1.29 bits per heavy atom. The van der Waals surface area contributed by atoms with Gasteiger partial charge in [0.2, 0.25) is 0 Å². The summed E-state index contributed by atoms with van der Waals surface area (Å²) in [5.74, 6) is 0. The zero-order valence-corrected chi connectivity index (χ0v) is 8.96. The maximum Gasteiger partial charge on any atom is 0.0594 e. The Morgan fingerprint density at radius 3 is 2.43 bits per heavy atom. The van der Waals surface area contributed by atoms with Gasteiger partial charge in [0.25, 0.3) is 0 Å². The lowest BCUT2D eigenvalue weighted by atomic mass is 10.1. The Morgan fingerprint density at radius 2 is 1.93 bits per heavy atom. The second-order valence-corrected chi connectivity index (χ2v) is 3.51. The molecule has 0 N–H and O–H groups in total. The van der Waals surface area contributed by atoms with E-state index in [-0.39, 0.29) is 0 Å². The highest BCUT2D eigenvalue weighted by Crippen LogP contribution is 2.09. The van der Waals surface area contributed by atoms with E-state index in [1.165, 1.54) is 11.1 Å². The minimum atomic E-state index is 0.845. The summed E-state index contributed by atoms with van der Waals surface area (Å²) in [6.07, 6.45) is 3.81. The van der Waals surface area contributed by atoms with Gasteiger partial charge in [-0.1, -0.05) is 25.3 Å². The van der Waals surface area contributed by atoms with Crippen molar-refractivity contribution in [1.82, 2.24) is 4.90 Å². The third-order valence-electron chi connectivity index (χ3n) is 2.56. The van der Waals surface area contributed by atoms with Gasteiger partial charge in [-0.25, -0.2) is 0 Å². The highest BCUT2D eigenvalue weighted by Gasteiger charge is 2.11. The Hall–Kier alpha value is -0.860. The van der Waals surface area contributed by atoms with Crippen LogP contribution in [-0.4, -0.2) is 37.7 Å². The molecule has 0 aromatic rings. The summed E-state index contributed by atoms with van der Waals surface area (Å²) in [5.41, 5.74) is 2.48. The van der Waals surface area contributed by atoms with Gasteiger partial charge in [0.15, 0.2) is 0 Å². The van der Waals surface area contributed by atoms with Crippen molar-refractivity contribution < 1.29 is 4.74 Å². The fourth-order valence-corrected chi connectivity index (χ4v) is 1.48. The Bertz CT molecular complexity index is 237. The molecule has 1 heterocycles. The minimum absolute atomic E-state index is 0.845. The van der Waals surface area contributed by atoms with Crippen molar-refractivity contribution in [3.05, 3.63) is 36.5 Å². The summed E-state index contributed by atoms with van der Waals surface area (Å²) in [6.45, 7) is 14.4. The van der Waals surface area contributed by atoms with Crippen LogP contribution in [0.3, 0.4) is 0 Å². The van der Waals surface area contributed by atoms with Crippen LogP contribution in [0.5, 0.6) is 0 Å². The van der Waals surface area contributed by atoms with Gasteiger partial charge < -0.3 is 4.74 Å². The van der Waals surface area contributed by atoms with Crippen molar-refractivity contribution in [3.8, 4) is 0 Å². The van der Waals surface area contributed by atoms with Crippen LogP contribution in [0.4, 0.5) is 0 Å². The molecule has 0 unspecified atom stereocenters. The van der Waals surface area contributed by atoms with Gasteiger partial charge in [-0.15, -0.1) is 0 Å². The predicted octanol–water partition coefficient (Wildman–Crippen LogP) is 2.01. The highest BCUT2D eigenvalue weighted by molar-refractivity contribution is 5.30.